The van der Waals surface area contributed by atoms with Gasteiger partial charge in [0.1, 0.15) is 5.82 Å². The Hall–Kier alpha value is -0.930. The molecule has 0 saturated carbocycles. The Kier molecular flexibility index (Phi) is 4.72. The largest absolute Gasteiger partial charge is 0.396 e. The van der Waals surface area contributed by atoms with Gasteiger partial charge in [-0.05, 0) is 61.4 Å². The maximum Gasteiger partial charge on any atom is 0.123 e. The van der Waals surface area contributed by atoms with Crippen molar-refractivity contribution >= 4 is 0 Å². The summed E-state index contributed by atoms with van der Waals surface area (Å²) in [6, 6.07) is 5.48. The average molecular weight is 251 g/mol. The highest BCUT2D eigenvalue weighted by atomic mass is 19.1. The van der Waals surface area contributed by atoms with Crippen molar-refractivity contribution in [2.45, 2.75) is 38.6 Å². The summed E-state index contributed by atoms with van der Waals surface area (Å²) in [5.41, 5.74) is 2.40. The number of rotatable bonds is 5. The van der Waals surface area contributed by atoms with Gasteiger partial charge in [0.15, 0.2) is 0 Å². The zero-order valence-electron chi connectivity index (χ0n) is 11.0. The van der Waals surface area contributed by atoms with Gasteiger partial charge in [-0.3, -0.25) is 0 Å². The number of hydrogen-bond donors (Lipinski definition) is 2. The molecule has 1 aliphatic rings. The lowest BCUT2D eigenvalue weighted by atomic mass is 9.87. The molecule has 1 aromatic rings. The standard InChI is InChI=1S/C15H22FNO/c1-11(7-8-18)10-17-15-4-2-3-12-9-13(16)5-6-14(12)15/h5-6,9,11,15,17-18H,2-4,7-8,10H2,1H3/t11-,15-/m1/s1. The number of fused-ring (bicyclic) bond motifs is 1. The number of aryl methyl sites for hydroxylation is 1. The molecule has 0 amide bonds. The third-order valence-corrected chi connectivity index (χ3v) is 3.75. The van der Waals surface area contributed by atoms with Gasteiger partial charge in [-0.2, -0.15) is 0 Å². The minimum atomic E-state index is -0.136. The summed E-state index contributed by atoms with van der Waals surface area (Å²) in [7, 11) is 0. The van der Waals surface area contributed by atoms with Crippen molar-refractivity contribution in [1.82, 2.24) is 5.32 Å². The highest BCUT2D eigenvalue weighted by Crippen LogP contribution is 2.30. The van der Waals surface area contributed by atoms with Crippen LogP contribution in [-0.4, -0.2) is 18.3 Å². The van der Waals surface area contributed by atoms with E-state index < -0.39 is 0 Å². The van der Waals surface area contributed by atoms with Gasteiger partial charge in [0, 0.05) is 12.6 Å². The highest BCUT2D eigenvalue weighted by Gasteiger charge is 2.20. The summed E-state index contributed by atoms with van der Waals surface area (Å²) in [4.78, 5) is 0. The SMILES string of the molecule is C[C@H](CCO)CN[C@@H]1CCCc2cc(F)ccc21. The van der Waals surface area contributed by atoms with Crippen molar-refractivity contribution in [3.63, 3.8) is 0 Å². The number of nitrogens with one attached hydrogen (secondary N) is 1. The zero-order chi connectivity index (χ0) is 13.0. The molecule has 0 heterocycles. The van der Waals surface area contributed by atoms with Crippen LogP contribution < -0.4 is 5.32 Å². The van der Waals surface area contributed by atoms with Crippen LogP contribution >= 0.6 is 0 Å². The third-order valence-electron chi connectivity index (χ3n) is 3.75. The molecule has 100 valence electrons. The lowest BCUT2D eigenvalue weighted by molar-refractivity contribution is 0.256. The lowest BCUT2D eigenvalue weighted by Gasteiger charge is -2.27. The van der Waals surface area contributed by atoms with Crippen molar-refractivity contribution < 1.29 is 9.50 Å². The van der Waals surface area contributed by atoms with Crippen LogP contribution in [0, 0.1) is 11.7 Å². The van der Waals surface area contributed by atoms with E-state index in [1.54, 1.807) is 12.1 Å². The molecule has 0 aromatic heterocycles. The minimum Gasteiger partial charge on any atom is -0.396 e. The molecule has 2 atom stereocenters. The molecule has 0 radical (unpaired) electrons. The molecule has 3 heteroatoms. The summed E-state index contributed by atoms with van der Waals surface area (Å²) in [5.74, 6) is 0.337. The molecule has 0 aliphatic heterocycles. The summed E-state index contributed by atoms with van der Waals surface area (Å²) in [6.45, 7) is 3.29. The molecular weight excluding hydrogens is 229 g/mol. The fourth-order valence-electron chi connectivity index (χ4n) is 2.66. The van der Waals surface area contributed by atoms with Crippen molar-refractivity contribution in [2.24, 2.45) is 5.92 Å². The first-order chi connectivity index (χ1) is 8.70. The van der Waals surface area contributed by atoms with Gasteiger partial charge in [-0.1, -0.05) is 13.0 Å². The van der Waals surface area contributed by atoms with E-state index in [9.17, 15) is 4.39 Å². The minimum absolute atomic E-state index is 0.136. The summed E-state index contributed by atoms with van der Waals surface area (Å²) >= 11 is 0. The average Bonchev–Trinajstić information content (AvgIpc) is 2.36. The summed E-state index contributed by atoms with van der Waals surface area (Å²) in [5, 5.41) is 12.4. The van der Waals surface area contributed by atoms with E-state index in [1.165, 1.54) is 5.56 Å². The number of aliphatic hydroxyl groups excluding tert-OH is 1. The molecule has 18 heavy (non-hydrogen) atoms. The molecule has 1 aromatic carbocycles. The lowest BCUT2D eigenvalue weighted by Crippen LogP contribution is -2.29. The Morgan fingerprint density at radius 3 is 3.11 bits per heavy atom. The second-order valence-corrected chi connectivity index (χ2v) is 5.31. The van der Waals surface area contributed by atoms with E-state index in [1.807, 2.05) is 6.07 Å². The first-order valence-corrected chi connectivity index (χ1v) is 6.83. The number of benzene rings is 1. The molecule has 2 rings (SSSR count). The zero-order valence-corrected chi connectivity index (χ0v) is 11.0. The molecule has 0 bridgehead atoms. The topological polar surface area (TPSA) is 32.3 Å². The Labute approximate surface area is 108 Å². The van der Waals surface area contributed by atoms with Gasteiger partial charge < -0.3 is 10.4 Å². The quantitative estimate of drug-likeness (QED) is 0.843. The normalized spacial score (nSPS) is 20.5. The Morgan fingerprint density at radius 2 is 2.33 bits per heavy atom. The van der Waals surface area contributed by atoms with E-state index in [0.717, 1.165) is 37.8 Å². The van der Waals surface area contributed by atoms with Gasteiger partial charge in [0.2, 0.25) is 0 Å². The third kappa shape index (κ3) is 3.30. The predicted octanol–water partition coefficient (Wildman–Crippen LogP) is 2.81. The first kappa shape index (κ1) is 13.5. The Bertz CT molecular complexity index is 394. The molecule has 0 saturated heterocycles. The van der Waals surface area contributed by atoms with E-state index in [-0.39, 0.29) is 12.4 Å². The second kappa shape index (κ2) is 6.30. The van der Waals surface area contributed by atoms with Crippen LogP contribution in [0.4, 0.5) is 4.39 Å². The fraction of sp³-hybridized carbons (Fsp3) is 0.600. The van der Waals surface area contributed by atoms with Crippen LogP contribution in [0.3, 0.4) is 0 Å². The number of aliphatic hydroxyl groups is 1. The van der Waals surface area contributed by atoms with Gasteiger partial charge in [0.05, 0.1) is 0 Å². The van der Waals surface area contributed by atoms with Crippen molar-refractivity contribution in [3.8, 4) is 0 Å². The Morgan fingerprint density at radius 1 is 1.50 bits per heavy atom. The van der Waals surface area contributed by atoms with E-state index in [2.05, 4.69) is 12.2 Å². The van der Waals surface area contributed by atoms with Gasteiger partial charge >= 0.3 is 0 Å². The van der Waals surface area contributed by atoms with E-state index >= 15 is 0 Å². The van der Waals surface area contributed by atoms with Crippen LogP contribution in [0.25, 0.3) is 0 Å². The van der Waals surface area contributed by atoms with Crippen LogP contribution in [-0.2, 0) is 6.42 Å². The van der Waals surface area contributed by atoms with Crippen LogP contribution in [0.2, 0.25) is 0 Å². The van der Waals surface area contributed by atoms with Crippen molar-refractivity contribution in [2.75, 3.05) is 13.2 Å². The smallest absolute Gasteiger partial charge is 0.123 e. The van der Waals surface area contributed by atoms with E-state index in [0.29, 0.717) is 12.0 Å². The van der Waals surface area contributed by atoms with Crippen LogP contribution in [0.5, 0.6) is 0 Å². The number of halogens is 1. The number of hydrogen-bond acceptors (Lipinski definition) is 2. The second-order valence-electron chi connectivity index (χ2n) is 5.31. The predicted molar refractivity (Wildman–Crippen MR) is 70.9 cm³/mol. The van der Waals surface area contributed by atoms with Gasteiger partial charge in [-0.25, -0.2) is 4.39 Å². The van der Waals surface area contributed by atoms with Crippen molar-refractivity contribution in [1.29, 1.82) is 0 Å². The van der Waals surface area contributed by atoms with E-state index in [4.69, 9.17) is 5.11 Å². The molecule has 0 unspecified atom stereocenters. The molecule has 0 fully saturated rings. The van der Waals surface area contributed by atoms with Gasteiger partial charge in [0.25, 0.3) is 0 Å². The molecule has 2 nitrogen and oxygen atoms in total. The Balaban J connectivity index is 1.99. The van der Waals surface area contributed by atoms with Crippen LogP contribution in [0.1, 0.15) is 43.4 Å². The maximum absolute atomic E-state index is 13.2. The molecule has 2 N–H and O–H groups in total. The highest BCUT2D eigenvalue weighted by molar-refractivity contribution is 5.32. The van der Waals surface area contributed by atoms with Gasteiger partial charge in [-0.15, -0.1) is 0 Å². The monoisotopic (exact) mass is 251 g/mol. The fourth-order valence-corrected chi connectivity index (χ4v) is 2.66. The molecule has 0 spiro atoms. The summed E-state index contributed by atoms with van der Waals surface area (Å²) in [6.07, 6.45) is 4.04. The first-order valence-electron chi connectivity index (χ1n) is 6.83. The molecule has 1 aliphatic carbocycles. The van der Waals surface area contributed by atoms with Crippen molar-refractivity contribution in [3.05, 3.63) is 35.1 Å². The molecular formula is C15H22FNO. The maximum atomic E-state index is 13.2. The van der Waals surface area contributed by atoms with Crippen LogP contribution in [0.15, 0.2) is 18.2 Å². The summed E-state index contributed by atoms with van der Waals surface area (Å²) < 4.78 is 13.2.